The molecule has 2 N–H and O–H groups in total. The first-order valence-electron chi connectivity index (χ1n) is 6.90. The Balaban J connectivity index is 2.80. The molecule has 0 aromatic carbocycles. The number of carbonyl (C=O) groups is 2. The highest BCUT2D eigenvalue weighted by molar-refractivity contribution is 5.94. The van der Waals surface area contributed by atoms with E-state index in [1.165, 1.54) is 0 Å². The van der Waals surface area contributed by atoms with E-state index in [0.29, 0.717) is 0 Å². The molecular formula is C14H22N2O4. The van der Waals surface area contributed by atoms with E-state index in [1.54, 1.807) is 19.9 Å². The second kappa shape index (κ2) is 7.07. The first-order chi connectivity index (χ1) is 9.40. The first-order valence-corrected chi connectivity index (χ1v) is 6.90. The first kappa shape index (κ1) is 16.2. The molecule has 1 amide bonds. The number of hydrogen-bond donors (Lipinski definition) is 2. The van der Waals surface area contributed by atoms with Gasteiger partial charge in [-0.05, 0) is 18.8 Å². The summed E-state index contributed by atoms with van der Waals surface area (Å²) in [6, 6.07) is 0.649. The van der Waals surface area contributed by atoms with Gasteiger partial charge in [-0.2, -0.15) is 0 Å². The van der Waals surface area contributed by atoms with Gasteiger partial charge in [0.2, 0.25) is 5.76 Å². The zero-order valence-corrected chi connectivity index (χ0v) is 12.3. The molecule has 0 aliphatic carbocycles. The number of hydrogen-bond acceptors (Lipinski definition) is 4. The van der Waals surface area contributed by atoms with Gasteiger partial charge >= 0.3 is 5.97 Å². The topological polar surface area (TPSA) is 92.4 Å². The van der Waals surface area contributed by atoms with E-state index in [9.17, 15) is 9.59 Å². The van der Waals surface area contributed by atoms with Crippen molar-refractivity contribution < 1.29 is 19.2 Å². The Morgan fingerprint density at radius 1 is 1.35 bits per heavy atom. The predicted octanol–water partition coefficient (Wildman–Crippen LogP) is 2.42. The Labute approximate surface area is 118 Å². The lowest BCUT2D eigenvalue weighted by Crippen LogP contribution is -2.44. The summed E-state index contributed by atoms with van der Waals surface area (Å²) in [5, 5.41) is 15.4. The van der Waals surface area contributed by atoms with E-state index in [2.05, 4.69) is 10.5 Å². The highest BCUT2D eigenvalue weighted by Crippen LogP contribution is 2.22. The molecule has 1 rings (SSSR count). The van der Waals surface area contributed by atoms with Gasteiger partial charge in [0, 0.05) is 12.0 Å². The minimum Gasteiger partial charge on any atom is -0.480 e. The zero-order valence-electron chi connectivity index (χ0n) is 12.3. The minimum absolute atomic E-state index is 0.0544. The van der Waals surface area contributed by atoms with E-state index in [4.69, 9.17) is 9.63 Å². The van der Waals surface area contributed by atoms with E-state index in [-0.39, 0.29) is 17.6 Å². The Kier molecular flexibility index (Phi) is 5.73. The number of amides is 1. The maximum absolute atomic E-state index is 12.0. The molecule has 0 radical (unpaired) electrons. The smallest absolute Gasteiger partial charge is 0.326 e. The fraction of sp³-hybridized carbons (Fsp3) is 0.643. The van der Waals surface area contributed by atoms with E-state index in [0.717, 1.165) is 18.5 Å². The van der Waals surface area contributed by atoms with Crippen LogP contribution in [0.5, 0.6) is 0 Å². The third-order valence-electron chi connectivity index (χ3n) is 3.38. The van der Waals surface area contributed by atoms with Crippen LogP contribution >= 0.6 is 0 Å². The standard InChI is InChI=1S/C14H22N2O4/c1-5-9(6-2)10-7-11(20-16-10)13(17)15-12(8(3)4)14(18)19/h7-9,12H,5-6H2,1-4H3,(H,15,17)(H,18,19)/t12-/m1/s1. The van der Waals surface area contributed by atoms with Crippen LogP contribution in [0.25, 0.3) is 0 Å². The summed E-state index contributed by atoms with van der Waals surface area (Å²) in [7, 11) is 0. The largest absolute Gasteiger partial charge is 0.480 e. The van der Waals surface area contributed by atoms with Crippen LogP contribution in [0.15, 0.2) is 10.6 Å². The summed E-state index contributed by atoms with van der Waals surface area (Å²) in [4.78, 5) is 23.0. The number of carboxylic acid groups (broad SMARTS) is 1. The van der Waals surface area contributed by atoms with Gasteiger partial charge in [-0.15, -0.1) is 0 Å². The van der Waals surface area contributed by atoms with Crippen LogP contribution < -0.4 is 5.32 Å². The van der Waals surface area contributed by atoms with Gasteiger partial charge in [0.25, 0.3) is 5.91 Å². The maximum atomic E-state index is 12.0. The molecule has 0 saturated heterocycles. The summed E-state index contributed by atoms with van der Waals surface area (Å²) < 4.78 is 5.02. The number of aromatic nitrogens is 1. The molecule has 6 heteroatoms. The summed E-state index contributed by atoms with van der Waals surface area (Å²) in [6.07, 6.45) is 1.82. The number of rotatable bonds is 7. The lowest BCUT2D eigenvalue weighted by molar-refractivity contribution is -0.140. The third-order valence-corrected chi connectivity index (χ3v) is 3.38. The van der Waals surface area contributed by atoms with Crippen molar-refractivity contribution in [2.24, 2.45) is 5.92 Å². The Morgan fingerprint density at radius 2 is 1.95 bits per heavy atom. The van der Waals surface area contributed by atoms with Gasteiger partial charge < -0.3 is 14.9 Å². The van der Waals surface area contributed by atoms with E-state index < -0.39 is 17.9 Å². The Bertz CT molecular complexity index is 463. The second-order valence-electron chi connectivity index (χ2n) is 5.16. The normalized spacial score (nSPS) is 12.7. The van der Waals surface area contributed by atoms with Crippen molar-refractivity contribution in [3.05, 3.63) is 17.5 Å². The van der Waals surface area contributed by atoms with Crippen molar-refractivity contribution in [1.29, 1.82) is 0 Å². The molecule has 0 aliphatic rings. The molecule has 1 atom stereocenters. The van der Waals surface area contributed by atoms with Crippen LogP contribution in [-0.2, 0) is 4.79 Å². The van der Waals surface area contributed by atoms with Crippen LogP contribution in [0.3, 0.4) is 0 Å². The van der Waals surface area contributed by atoms with Crippen molar-refractivity contribution in [2.45, 2.75) is 52.5 Å². The lowest BCUT2D eigenvalue weighted by Gasteiger charge is -2.16. The Morgan fingerprint density at radius 3 is 2.40 bits per heavy atom. The summed E-state index contributed by atoms with van der Waals surface area (Å²) in [5.74, 6) is -1.51. The Hall–Kier alpha value is -1.85. The molecule has 0 aliphatic heterocycles. The van der Waals surface area contributed by atoms with Crippen molar-refractivity contribution in [3.63, 3.8) is 0 Å². The highest BCUT2D eigenvalue weighted by atomic mass is 16.5. The van der Waals surface area contributed by atoms with Crippen LogP contribution in [0.4, 0.5) is 0 Å². The summed E-state index contributed by atoms with van der Waals surface area (Å²) in [6.45, 7) is 7.55. The number of carboxylic acids is 1. The molecule has 0 fully saturated rings. The molecule has 1 aromatic heterocycles. The minimum atomic E-state index is -1.06. The number of nitrogens with zero attached hydrogens (tertiary/aromatic N) is 1. The van der Waals surface area contributed by atoms with Crippen molar-refractivity contribution in [2.75, 3.05) is 0 Å². The van der Waals surface area contributed by atoms with Crippen LogP contribution in [-0.4, -0.2) is 28.2 Å². The third kappa shape index (κ3) is 3.82. The van der Waals surface area contributed by atoms with Gasteiger partial charge in [-0.1, -0.05) is 32.9 Å². The highest BCUT2D eigenvalue weighted by Gasteiger charge is 2.26. The quantitative estimate of drug-likeness (QED) is 0.801. The fourth-order valence-corrected chi connectivity index (χ4v) is 2.02. The molecule has 0 bridgehead atoms. The van der Waals surface area contributed by atoms with Crippen molar-refractivity contribution in [1.82, 2.24) is 10.5 Å². The molecule has 0 spiro atoms. The van der Waals surface area contributed by atoms with Gasteiger partial charge in [0.15, 0.2) is 0 Å². The van der Waals surface area contributed by atoms with E-state index >= 15 is 0 Å². The molecule has 1 aromatic rings. The average Bonchev–Trinajstić information content (AvgIpc) is 2.86. The molecule has 0 saturated carbocycles. The average molecular weight is 282 g/mol. The van der Waals surface area contributed by atoms with Crippen LogP contribution in [0.1, 0.15) is 62.7 Å². The zero-order chi connectivity index (χ0) is 15.3. The molecule has 20 heavy (non-hydrogen) atoms. The molecular weight excluding hydrogens is 260 g/mol. The van der Waals surface area contributed by atoms with Crippen LogP contribution in [0, 0.1) is 5.92 Å². The summed E-state index contributed by atoms with van der Waals surface area (Å²) in [5.41, 5.74) is 0.733. The van der Waals surface area contributed by atoms with Crippen molar-refractivity contribution in [3.8, 4) is 0 Å². The van der Waals surface area contributed by atoms with E-state index in [1.807, 2.05) is 13.8 Å². The van der Waals surface area contributed by atoms with Gasteiger partial charge in [0.05, 0.1) is 5.69 Å². The molecule has 1 heterocycles. The monoisotopic (exact) mass is 282 g/mol. The fourth-order valence-electron chi connectivity index (χ4n) is 2.02. The molecule has 0 unspecified atom stereocenters. The predicted molar refractivity (Wildman–Crippen MR) is 73.6 cm³/mol. The molecule has 6 nitrogen and oxygen atoms in total. The number of aliphatic carboxylic acids is 1. The maximum Gasteiger partial charge on any atom is 0.326 e. The SMILES string of the molecule is CCC(CC)c1cc(C(=O)N[C@@H](C(=O)O)C(C)C)on1. The van der Waals surface area contributed by atoms with Gasteiger partial charge in [-0.25, -0.2) is 4.79 Å². The van der Waals surface area contributed by atoms with Crippen LogP contribution in [0.2, 0.25) is 0 Å². The number of carbonyl (C=O) groups excluding carboxylic acids is 1. The summed E-state index contributed by atoms with van der Waals surface area (Å²) >= 11 is 0. The lowest BCUT2D eigenvalue weighted by atomic mass is 9.99. The number of nitrogens with one attached hydrogen (secondary N) is 1. The second-order valence-corrected chi connectivity index (χ2v) is 5.16. The van der Waals surface area contributed by atoms with Gasteiger partial charge in [0.1, 0.15) is 6.04 Å². The van der Waals surface area contributed by atoms with Crippen molar-refractivity contribution >= 4 is 11.9 Å². The molecule has 112 valence electrons. The van der Waals surface area contributed by atoms with Gasteiger partial charge in [-0.3, -0.25) is 4.79 Å².